The number of benzene rings is 3. The quantitative estimate of drug-likeness (QED) is 0.523. The molecule has 28 heavy (non-hydrogen) atoms. The number of aromatic nitrogens is 3. The maximum Gasteiger partial charge on any atom is 0.257 e. The number of aryl methyl sites for hydroxylation is 1. The molecule has 0 aliphatic heterocycles. The number of thiocarbonyl (C=S) groups is 1. The molecule has 0 spiro atoms. The molecule has 1 aromatic heterocycles. The summed E-state index contributed by atoms with van der Waals surface area (Å²) in [5.74, 6) is -0.244. The van der Waals surface area contributed by atoms with Crippen LogP contribution in [0.3, 0.4) is 0 Å². The van der Waals surface area contributed by atoms with Crippen LogP contribution in [0, 0.1) is 6.92 Å². The Hall–Kier alpha value is -3.58. The zero-order valence-corrected chi connectivity index (χ0v) is 15.9. The topological polar surface area (TPSA) is 71.8 Å². The van der Waals surface area contributed by atoms with Crippen molar-refractivity contribution in [2.45, 2.75) is 6.92 Å². The molecule has 1 heterocycles. The highest BCUT2D eigenvalue weighted by molar-refractivity contribution is 7.80. The molecule has 7 heteroatoms. The summed E-state index contributed by atoms with van der Waals surface area (Å²) in [5, 5.41) is 14.9. The highest BCUT2D eigenvalue weighted by Gasteiger charge is 2.11. The van der Waals surface area contributed by atoms with Crippen molar-refractivity contribution >= 4 is 40.0 Å². The first-order valence-electron chi connectivity index (χ1n) is 8.71. The van der Waals surface area contributed by atoms with Gasteiger partial charge in [0.25, 0.3) is 5.91 Å². The van der Waals surface area contributed by atoms with Gasteiger partial charge in [-0.1, -0.05) is 36.4 Å². The predicted octanol–water partition coefficient (Wildman–Crippen LogP) is 3.86. The number of carbonyl (C=O) groups excluding carboxylic acids is 1. The fourth-order valence-corrected chi connectivity index (χ4v) is 3.04. The summed E-state index contributed by atoms with van der Waals surface area (Å²) in [6.07, 6.45) is 0. The van der Waals surface area contributed by atoms with Gasteiger partial charge >= 0.3 is 0 Å². The van der Waals surface area contributed by atoms with Gasteiger partial charge in [-0.05, 0) is 61.1 Å². The van der Waals surface area contributed by atoms with Crippen molar-refractivity contribution in [2.75, 3.05) is 5.32 Å². The second-order valence-electron chi connectivity index (χ2n) is 6.25. The molecule has 4 aromatic rings. The molecular weight excluding hydrogens is 370 g/mol. The lowest BCUT2D eigenvalue weighted by Gasteiger charge is -2.10. The van der Waals surface area contributed by atoms with Gasteiger partial charge in [-0.15, -0.1) is 10.2 Å². The molecule has 0 radical (unpaired) electrons. The molecule has 0 unspecified atom stereocenters. The lowest BCUT2D eigenvalue weighted by Crippen LogP contribution is -2.34. The van der Waals surface area contributed by atoms with Gasteiger partial charge in [-0.3, -0.25) is 10.1 Å². The van der Waals surface area contributed by atoms with Gasteiger partial charge in [0.2, 0.25) is 0 Å². The van der Waals surface area contributed by atoms with Crippen molar-refractivity contribution in [1.29, 1.82) is 0 Å². The molecular formula is C21H17N5OS. The summed E-state index contributed by atoms with van der Waals surface area (Å²) in [6, 6.07) is 22.6. The number of hydrogen-bond acceptors (Lipinski definition) is 4. The summed E-state index contributed by atoms with van der Waals surface area (Å²) >= 11 is 5.28. The minimum atomic E-state index is -0.244. The van der Waals surface area contributed by atoms with Crippen molar-refractivity contribution in [3.8, 4) is 5.69 Å². The van der Waals surface area contributed by atoms with Crippen molar-refractivity contribution < 1.29 is 4.79 Å². The fourth-order valence-electron chi connectivity index (χ4n) is 2.83. The molecule has 0 saturated carbocycles. The van der Waals surface area contributed by atoms with E-state index in [1.807, 2.05) is 73.7 Å². The van der Waals surface area contributed by atoms with E-state index in [1.165, 1.54) is 0 Å². The minimum Gasteiger partial charge on any atom is -0.332 e. The standard InChI is InChI=1S/C21H17N5OS/c1-14-7-5-6-10-17(14)20(27)23-21(28)22-15-11-12-18-19(13-15)25-26(24-18)16-8-3-2-4-9-16/h2-13H,1H3,(H2,22,23,27,28). The molecule has 3 aromatic carbocycles. The predicted molar refractivity (Wildman–Crippen MR) is 114 cm³/mol. The van der Waals surface area contributed by atoms with Crippen molar-refractivity contribution in [1.82, 2.24) is 20.3 Å². The summed E-state index contributed by atoms with van der Waals surface area (Å²) in [7, 11) is 0. The number of amides is 1. The Morgan fingerprint density at radius 1 is 0.929 bits per heavy atom. The van der Waals surface area contributed by atoms with Crippen LogP contribution in [-0.2, 0) is 0 Å². The highest BCUT2D eigenvalue weighted by Crippen LogP contribution is 2.17. The molecule has 0 saturated heterocycles. The Morgan fingerprint density at radius 3 is 2.43 bits per heavy atom. The van der Waals surface area contributed by atoms with E-state index in [2.05, 4.69) is 20.8 Å². The van der Waals surface area contributed by atoms with Crippen molar-refractivity contribution in [3.05, 3.63) is 83.9 Å². The Labute approximate surface area is 167 Å². The molecule has 0 aliphatic carbocycles. The summed E-state index contributed by atoms with van der Waals surface area (Å²) in [6.45, 7) is 1.88. The van der Waals surface area contributed by atoms with Crippen LogP contribution in [-0.4, -0.2) is 26.0 Å². The number of nitrogens with one attached hydrogen (secondary N) is 2. The van der Waals surface area contributed by atoms with E-state index in [0.29, 0.717) is 5.56 Å². The Kier molecular flexibility index (Phi) is 4.82. The first-order valence-corrected chi connectivity index (χ1v) is 9.11. The van der Waals surface area contributed by atoms with E-state index in [9.17, 15) is 4.79 Å². The van der Waals surface area contributed by atoms with Gasteiger partial charge < -0.3 is 5.32 Å². The second kappa shape index (κ2) is 7.58. The zero-order chi connectivity index (χ0) is 19.5. The lowest BCUT2D eigenvalue weighted by molar-refractivity contribution is 0.0977. The number of anilines is 1. The highest BCUT2D eigenvalue weighted by atomic mass is 32.1. The van der Waals surface area contributed by atoms with Crippen LogP contribution in [0.5, 0.6) is 0 Å². The van der Waals surface area contributed by atoms with Gasteiger partial charge in [-0.2, -0.15) is 4.80 Å². The van der Waals surface area contributed by atoms with Crippen LogP contribution in [0.4, 0.5) is 5.69 Å². The Bertz CT molecular complexity index is 1170. The van der Waals surface area contributed by atoms with E-state index in [4.69, 9.17) is 12.2 Å². The Morgan fingerprint density at radius 2 is 1.64 bits per heavy atom. The monoisotopic (exact) mass is 387 g/mol. The second-order valence-corrected chi connectivity index (χ2v) is 6.66. The van der Waals surface area contributed by atoms with Crippen LogP contribution in [0.2, 0.25) is 0 Å². The van der Waals surface area contributed by atoms with Crippen molar-refractivity contribution in [2.24, 2.45) is 0 Å². The molecule has 0 bridgehead atoms. The number of nitrogens with zero attached hydrogens (tertiary/aromatic N) is 3. The van der Waals surface area contributed by atoms with E-state index in [0.717, 1.165) is 28.0 Å². The molecule has 1 amide bonds. The van der Waals surface area contributed by atoms with Gasteiger partial charge in [0, 0.05) is 11.3 Å². The number of hydrogen-bond donors (Lipinski definition) is 2. The van der Waals surface area contributed by atoms with E-state index >= 15 is 0 Å². The van der Waals surface area contributed by atoms with Gasteiger partial charge in [0.15, 0.2) is 5.11 Å². The summed E-state index contributed by atoms with van der Waals surface area (Å²) < 4.78 is 0. The molecule has 138 valence electrons. The zero-order valence-electron chi connectivity index (χ0n) is 15.1. The van der Waals surface area contributed by atoms with E-state index < -0.39 is 0 Å². The first kappa shape index (κ1) is 17.8. The minimum absolute atomic E-state index is 0.225. The maximum atomic E-state index is 12.4. The molecule has 6 nitrogen and oxygen atoms in total. The third-order valence-corrected chi connectivity index (χ3v) is 4.45. The average Bonchev–Trinajstić information content (AvgIpc) is 3.12. The third kappa shape index (κ3) is 3.74. The van der Waals surface area contributed by atoms with Crippen LogP contribution >= 0.6 is 12.2 Å². The van der Waals surface area contributed by atoms with Gasteiger partial charge in [0.1, 0.15) is 11.0 Å². The first-order chi connectivity index (χ1) is 13.6. The number of rotatable bonds is 3. The Balaban J connectivity index is 1.49. The normalized spacial score (nSPS) is 10.6. The smallest absolute Gasteiger partial charge is 0.257 e. The number of fused-ring (bicyclic) bond motifs is 1. The molecule has 0 fully saturated rings. The molecule has 0 atom stereocenters. The van der Waals surface area contributed by atoms with Crippen molar-refractivity contribution in [3.63, 3.8) is 0 Å². The van der Waals surface area contributed by atoms with Crippen LogP contribution in [0.1, 0.15) is 15.9 Å². The molecule has 4 rings (SSSR count). The summed E-state index contributed by atoms with van der Waals surface area (Å²) in [5.41, 5.74) is 4.58. The van der Waals surface area contributed by atoms with E-state index in [-0.39, 0.29) is 11.0 Å². The molecule has 0 aliphatic rings. The molecule has 2 N–H and O–H groups in total. The van der Waals surface area contributed by atoms with Crippen LogP contribution in [0.25, 0.3) is 16.7 Å². The summed E-state index contributed by atoms with van der Waals surface area (Å²) in [4.78, 5) is 14.0. The largest absolute Gasteiger partial charge is 0.332 e. The SMILES string of the molecule is Cc1ccccc1C(=O)NC(=S)Nc1ccc2nn(-c3ccccc3)nc2c1. The van der Waals surface area contributed by atoms with E-state index in [1.54, 1.807) is 10.9 Å². The average molecular weight is 387 g/mol. The van der Waals surface area contributed by atoms with Gasteiger partial charge in [0.05, 0.1) is 5.69 Å². The fraction of sp³-hybridized carbons (Fsp3) is 0.0476. The third-order valence-electron chi connectivity index (χ3n) is 4.24. The number of carbonyl (C=O) groups is 1. The van der Waals surface area contributed by atoms with Crippen LogP contribution in [0.15, 0.2) is 72.8 Å². The maximum absolute atomic E-state index is 12.4. The number of para-hydroxylation sites is 1. The lowest BCUT2D eigenvalue weighted by atomic mass is 10.1. The van der Waals surface area contributed by atoms with Crippen LogP contribution < -0.4 is 10.6 Å². The van der Waals surface area contributed by atoms with Gasteiger partial charge in [-0.25, -0.2) is 0 Å².